The molecule has 26 heavy (non-hydrogen) atoms. The Bertz CT molecular complexity index is 908. The van der Waals surface area contributed by atoms with E-state index in [4.69, 9.17) is 9.47 Å². The van der Waals surface area contributed by atoms with Crippen molar-refractivity contribution < 1.29 is 14.3 Å². The summed E-state index contributed by atoms with van der Waals surface area (Å²) in [6, 6.07) is 11.4. The Kier molecular flexibility index (Phi) is 5.68. The Labute approximate surface area is 164 Å². The van der Waals surface area contributed by atoms with Crippen LogP contribution in [0.2, 0.25) is 0 Å². The second kappa shape index (κ2) is 7.97. The SMILES string of the molecule is COc1cc(Br)c(/C=C2\SC(=Nc3ccc(C)cc3)NC2=O)cc1OC. The zero-order chi connectivity index (χ0) is 18.7. The maximum Gasteiger partial charge on any atom is 0.264 e. The number of rotatable bonds is 4. The van der Waals surface area contributed by atoms with E-state index in [9.17, 15) is 4.79 Å². The molecule has 2 aromatic rings. The summed E-state index contributed by atoms with van der Waals surface area (Å²) in [6.45, 7) is 2.02. The third-order valence-corrected chi connectivity index (χ3v) is 5.30. The zero-order valence-corrected chi connectivity index (χ0v) is 16.9. The number of hydrogen-bond acceptors (Lipinski definition) is 5. The van der Waals surface area contributed by atoms with Gasteiger partial charge in [0.15, 0.2) is 16.7 Å². The molecule has 0 aliphatic carbocycles. The molecule has 1 heterocycles. The normalized spacial score (nSPS) is 16.8. The molecular weight excluding hydrogens is 416 g/mol. The summed E-state index contributed by atoms with van der Waals surface area (Å²) in [5.74, 6) is 1.04. The number of amidine groups is 1. The molecule has 1 fully saturated rings. The zero-order valence-electron chi connectivity index (χ0n) is 14.5. The Morgan fingerprint density at radius 3 is 2.42 bits per heavy atom. The maximum absolute atomic E-state index is 12.3. The van der Waals surface area contributed by atoms with Crippen molar-refractivity contribution in [3.05, 3.63) is 56.9 Å². The number of aliphatic imine (C=N–C) groups is 1. The molecule has 0 bridgehead atoms. The second-order valence-corrected chi connectivity index (χ2v) is 7.43. The molecule has 0 aromatic heterocycles. The van der Waals surface area contributed by atoms with E-state index in [1.54, 1.807) is 20.3 Å². The molecule has 1 aliphatic rings. The number of benzene rings is 2. The summed E-state index contributed by atoms with van der Waals surface area (Å²) in [7, 11) is 3.16. The number of hydrogen-bond donors (Lipinski definition) is 1. The highest BCUT2D eigenvalue weighted by Crippen LogP contribution is 2.36. The molecule has 1 aliphatic heterocycles. The van der Waals surface area contributed by atoms with E-state index in [-0.39, 0.29) is 5.91 Å². The lowest BCUT2D eigenvalue weighted by molar-refractivity contribution is -0.115. The van der Waals surface area contributed by atoms with E-state index in [2.05, 4.69) is 26.2 Å². The monoisotopic (exact) mass is 432 g/mol. The smallest absolute Gasteiger partial charge is 0.264 e. The van der Waals surface area contributed by atoms with Gasteiger partial charge in [-0.1, -0.05) is 33.6 Å². The van der Waals surface area contributed by atoms with Crippen LogP contribution >= 0.6 is 27.7 Å². The fraction of sp³-hybridized carbons (Fsp3) is 0.158. The largest absolute Gasteiger partial charge is 0.493 e. The summed E-state index contributed by atoms with van der Waals surface area (Å²) in [5.41, 5.74) is 2.78. The topological polar surface area (TPSA) is 59.9 Å². The highest BCUT2D eigenvalue weighted by Gasteiger charge is 2.24. The molecule has 134 valence electrons. The van der Waals surface area contributed by atoms with Gasteiger partial charge >= 0.3 is 0 Å². The maximum atomic E-state index is 12.3. The van der Waals surface area contributed by atoms with Crippen LogP contribution < -0.4 is 14.8 Å². The summed E-state index contributed by atoms with van der Waals surface area (Å²) in [4.78, 5) is 17.3. The highest BCUT2D eigenvalue weighted by molar-refractivity contribution is 9.10. The molecule has 3 rings (SSSR count). The van der Waals surface area contributed by atoms with Crippen molar-refractivity contribution in [2.24, 2.45) is 4.99 Å². The Balaban J connectivity index is 1.88. The van der Waals surface area contributed by atoms with Crippen molar-refractivity contribution in [1.82, 2.24) is 5.32 Å². The first-order valence-electron chi connectivity index (χ1n) is 7.78. The van der Waals surface area contributed by atoms with E-state index < -0.39 is 0 Å². The lowest BCUT2D eigenvalue weighted by Crippen LogP contribution is -2.19. The molecule has 0 radical (unpaired) electrons. The minimum Gasteiger partial charge on any atom is -0.493 e. The number of nitrogens with one attached hydrogen (secondary N) is 1. The molecule has 0 unspecified atom stereocenters. The quantitative estimate of drug-likeness (QED) is 0.713. The molecule has 0 saturated carbocycles. The van der Waals surface area contributed by atoms with Crippen molar-refractivity contribution in [1.29, 1.82) is 0 Å². The Morgan fingerprint density at radius 1 is 1.12 bits per heavy atom. The van der Waals surface area contributed by atoms with Crippen molar-refractivity contribution in [3.8, 4) is 11.5 Å². The van der Waals surface area contributed by atoms with Crippen LogP contribution in [0.3, 0.4) is 0 Å². The van der Waals surface area contributed by atoms with Crippen LogP contribution in [-0.4, -0.2) is 25.3 Å². The fourth-order valence-corrected chi connectivity index (χ4v) is 3.61. The minimum absolute atomic E-state index is 0.178. The lowest BCUT2D eigenvalue weighted by Gasteiger charge is -2.10. The third-order valence-electron chi connectivity index (χ3n) is 3.70. The number of halogens is 1. The van der Waals surface area contributed by atoms with Crippen molar-refractivity contribution >= 4 is 50.5 Å². The number of nitrogens with zero attached hydrogens (tertiary/aromatic N) is 1. The first kappa shape index (κ1) is 18.5. The van der Waals surface area contributed by atoms with Crippen LogP contribution in [0, 0.1) is 6.92 Å². The van der Waals surface area contributed by atoms with Crippen molar-refractivity contribution in [2.45, 2.75) is 6.92 Å². The standard InChI is InChI=1S/C19H17BrN2O3S/c1-11-4-6-13(7-5-11)21-19-22-18(23)17(26-19)9-12-8-15(24-2)16(25-3)10-14(12)20/h4-10H,1-3H3,(H,21,22,23)/b17-9-. The number of aryl methyl sites for hydroxylation is 1. The molecule has 1 N–H and O–H groups in total. The molecule has 5 nitrogen and oxygen atoms in total. The molecule has 2 aromatic carbocycles. The molecule has 7 heteroatoms. The van der Waals surface area contributed by atoms with Gasteiger partial charge in [0, 0.05) is 4.47 Å². The average Bonchev–Trinajstić information content (AvgIpc) is 2.97. The van der Waals surface area contributed by atoms with Crippen LogP contribution in [0.4, 0.5) is 5.69 Å². The van der Waals surface area contributed by atoms with Gasteiger partial charge in [-0.2, -0.15) is 0 Å². The van der Waals surface area contributed by atoms with Gasteiger partial charge < -0.3 is 14.8 Å². The van der Waals surface area contributed by atoms with E-state index in [0.29, 0.717) is 21.6 Å². The molecular formula is C19H17BrN2O3S. The lowest BCUT2D eigenvalue weighted by atomic mass is 10.2. The number of ether oxygens (including phenoxy) is 2. The highest BCUT2D eigenvalue weighted by atomic mass is 79.9. The first-order valence-corrected chi connectivity index (χ1v) is 9.39. The van der Waals surface area contributed by atoms with E-state index in [0.717, 1.165) is 21.3 Å². The van der Waals surface area contributed by atoms with Gasteiger partial charge in [-0.25, -0.2) is 4.99 Å². The van der Waals surface area contributed by atoms with Crippen LogP contribution in [0.15, 0.2) is 50.8 Å². The van der Waals surface area contributed by atoms with Crippen LogP contribution in [-0.2, 0) is 4.79 Å². The molecule has 0 atom stereocenters. The predicted molar refractivity (Wildman–Crippen MR) is 109 cm³/mol. The van der Waals surface area contributed by atoms with Gasteiger partial charge in [0.2, 0.25) is 0 Å². The molecule has 1 saturated heterocycles. The number of amides is 1. The summed E-state index contributed by atoms with van der Waals surface area (Å²) in [6.07, 6.45) is 1.80. The van der Waals surface area contributed by atoms with Crippen molar-refractivity contribution in [3.63, 3.8) is 0 Å². The first-order chi connectivity index (χ1) is 12.5. The average molecular weight is 433 g/mol. The third kappa shape index (κ3) is 4.11. The van der Waals surface area contributed by atoms with E-state index in [1.807, 2.05) is 43.3 Å². The summed E-state index contributed by atoms with van der Waals surface area (Å²) >= 11 is 4.81. The molecule has 0 spiro atoms. The Morgan fingerprint density at radius 2 is 1.77 bits per heavy atom. The number of thioether (sulfide) groups is 1. The van der Waals surface area contributed by atoms with Gasteiger partial charge in [0.1, 0.15) is 0 Å². The van der Waals surface area contributed by atoms with Crippen LogP contribution in [0.1, 0.15) is 11.1 Å². The predicted octanol–water partition coefficient (Wildman–Crippen LogP) is 4.67. The summed E-state index contributed by atoms with van der Waals surface area (Å²) in [5, 5.41) is 3.35. The minimum atomic E-state index is -0.178. The van der Waals surface area contributed by atoms with Crippen LogP contribution in [0.25, 0.3) is 6.08 Å². The fourth-order valence-electron chi connectivity index (χ4n) is 2.34. The van der Waals surface area contributed by atoms with Gasteiger partial charge in [0.05, 0.1) is 24.8 Å². The number of carbonyl (C=O) groups is 1. The Hall–Kier alpha value is -2.25. The van der Waals surface area contributed by atoms with Gasteiger partial charge in [-0.3, -0.25) is 4.79 Å². The van der Waals surface area contributed by atoms with Gasteiger partial charge in [-0.15, -0.1) is 0 Å². The van der Waals surface area contributed by atoms with Gasteiger partial charge in [0.25, 0.3) is 5.91 Å². The number of carbonyl (C=O) groups excluding carboxylic acids is 1. The van der Waals surface area contributed by atoms with E-state index >= 15 is 0 Å². The number of methoxy groups -OCH3 is 2. The second-order valence-electron chi connectivity index (χ2n) is 5.55. The summed E-state index contributed by atoms with van der Waals surface area (Å²) < 4.78 is 11.4. The van der Waals surface area contributed by atoms with E-state index in [1.165, 1.54) is 11.8 Å². The van der Waals surface area contributed by atoms with Gasteiger partial charge in [-0.05, 0) is 54.6 Å². The molecule has 1 amide bonds. The van der Waals surface area contributed by atoms with Crippen LogP contribution in [0.5, 0.6) is 11.5 Å². The van der Waals surface area contributed by atoms with Crippen molar-refractivity contribution in [2.75, 3.05) is 14.2 Å².